The van der Waals surface area contributed by atoms with E-state index in [0.29, 0.717) is 11.5 Å². The Balaban J connectivity index is 2.52. The van der Waals surface area contributed by atoms with Gasteiger partial charge in [-0.05, 0) is 19.3 Å². The SMILES string of the molecule is CN(CCCCCO)c1ncnc(Cl)c1N. The molecule has 0 amide bonds. The van der Waals surface area contributed by atoms with Crippen LogP contribution >= 0.6 is 11.6 Å². The zero-order valence-electron chi connectivity index (χ0n) is 9.36. The van der Waals surface area contributed by atoms with E-state index in [0.717, 1.165) is 25.8 Å². The summed E-state index contributed by atoms with van der Waals surface area (Å²) >= 11 is 5.81. The third-order valence-corrected chi connectivity index (χ3v) is 2.63. The van der Waals surface area contributed by atoms with Crippen molar-refractivity contribution in [2.75, 3.05) is 30.8 Å². The fourth-order valence-electron chi connectivity index (χ4n) is 1.41. The summed E-state index contributed by atoms with van der Waals surface area (Å²) in [6, 6.07) is 0. The first-order valence-electron chi connectivity index (χ1n) is 5.24. The fourth-order valence-corrected chi connectivity index (χ4v) is 1.54. The fraction of sp³-hybridized carbons (Fsp3) is 0.600. The highest BCUT2D eigenvalue weighted by Gasteiger charge is 2.09. The zero-order valence-corrected chi connectivity index (χ0v) is 10.1. The number of nitrogens with two attached hydrogens (primary N) is 1. The van der Waals surface area contributed by atoms with E-state index in [1.807, 2.05) is 11.9 Å². The second-order valence-electron chi connectivity index (χ2n) is 3.61. The average Bonchev–Trinajstić information content (AvgIpc) is 2.28. The first-order valence-corrected chi connectivity index (χ1v) is 5.62. The van der Waals surface area contributed by atoms with E-state index in [2.05, 4.69) is 9.97 Å². The predicted octanol–water partition coefficient (Wildman–Crippen LogP) is 1.31. The van der Waals surface area contributed by atoms with Gasteiger partial charge in [0.25, 0.3) is 0 Å². The molecule has 0 aliphatic carbocycles. The molecule has 0 spiro atoms. The highest BCUT2D eigenvalue weighted by Crippen LogP contribution is 2.24. The number of rotatable bonds is 6. The lowest BCUT2D eigenvalue weighted by molar-refractivity contribution is 0.283. The minimum atomic E-state index is 0.241. The molecule has 0 aliphatic rings. The lowest BCUT2D eigenvalue weighted by atomic mass is 10.2. The van der Waals surface area contributed by atoms with Crippen LogP contribution in [0.3, 0.4) is 0 Å². The second-order valence-corrected chi connectivity index (χ2v) is 3.97. The summed E-state index contributed by atoms with van der Waals surface area (Å²) in [5.41, 5.74) is 6.19. The molecule has 0 saturated carbocycles. The lowest BCUT2D eigenvalue weighted by Gasteiger charge is -2.19. The van der Waals surface area contributed by atoms with Crippen molar-refractivity contribution in [1.82, 2.24) is 9.97 Å². The number of aromatic nitrogens is 2. The van der Waals surface area contributed by atoms with Gasteiger partial charge in [0.2, 0.25) is 0 Å². The molecule has 1 aromatic rings. The maximum Gasteiger partial charge on any atom is 0.157 e. The lowest BCUT2D eigenvalue weighted by Crippen LogP contribution is -2.21. The summed E-state index contributed by atoms with van der Waals surface area (Å²) in [6.45, 7) is 1.07. The minimum absolute atomic E-state index is 0.241. The van der Waals surface area contributed by atoms with Gasteiger partial charge in [-0.1, -0.05) is 11.6 Å². The van der Waals surface area contributed by atoms with Gasteiger partial charge in [0.05, 0.1) is 0 Å². The van der Waals surface area contributed by atoms with Crippen LogP contribution in [-0.2, 0) is 0 Å². The highest BCUT2D eigenvalue weighted by atomic mass is 35.5. The van der Waals surface area contributed by atoms with Gasteiger partial charge < -0.3 is 15.7 Å². The van der Waals surface area contributed by atoms with Gasteiger partial charge >= 0.3 is 0 Å². The molecule has 1 rings (SSSR count). The number of aliphatic hydroxyl groups excluding tert-OH is 1. The molecule has 0 atom stereocenters. The van der Waals surface area contributed by atoms with Crippen LogP contribution in [0.4, 0.5) is 11.5 Å². The molecule has 0 bridgehead atoms. The molecule has 6 heteroatoms. The molecule has 3 N–H and O–H groups in total. The van der Waals surface area contributed by atoms with Crippen LogP contribution in [0.1, 0.15) is 19.3 Å². The van der Waals surface area contributed by atoms with Gasteiger partial charge in [-0.2, -0.15) is 0 Å². The molecule has 1 heterocycles. The molecule has 90 valence electrons. The van der Waals surface area contributed by atoms with Crippen LogP contribution in [0.15, 0.2) is 6.33 Å². The number of unbranched alkanes of at least 4 members (excludes halogenated alkanes) is 2. The van der Waals surface area contributed by atoms with Crippen molar-refractivity contribution in [3.8, 4) is 0 Å². The molecule has 0 unspecified atom stereocenters. The number of hydrogen-bond donors (Lipinski definition) is 2. The number of anilines is 2. The Morgan fingerprint density at radius 3 is 2.81 bits per heavy atom. The Kier molecular flexibility index (Phi) is 5.28. The Morgan fingerprint density at radius 1 is 1.38 bits per heavy atom. The van der Waals surface area contributed by atoms with Gasteiger partial charge in [-0.3, -0.25) is 0 Å². The topological polar surface area (TPSA) is 75.3 Å². The summed E-state index contributed by atoms with van der Waals surface area (Å²) < 4.78 is 0. The van der Waals surface area contributed by atoms with Crippen molar-refractivity contribution >= 4 is 23.1 Å². The summed E-state index contributed by atoms with van der Waals surface area (Å²) in [6.07, 6.45) is 4.20. The molecule has 0 radical (unpaired) electrons. The van der Waals surface area contributed by atoms with Gasteiger partial charge in [-0.25, -0.2) is 9.97 Å². The summed E-state index contributed by atoms with van der Waals surface area (Å²) in [4.78, 5) is 9.84. The number of hydrogen-bond acceptors (Lipinski definition) is 5. The molecule has 16 heavy (non-hydrogen) atoms. The number of aliphatic hydroxyl groups is 1. The van der Waals surface area contributed by atoms with E-state index < -0.39 is 0 Å². The maximum atomic E-state index is 8.66. The standard InChI is InChI=1S/C10H17ClN4O/c1-15(5-3-2-4-6-16)10-8(12)9(11)13-7-14-10/h7,16H,2-6,12H2,1H3. The van der Waals surface area contributed by atoms with E-state index in [4.69, 9.17) is 22.4 Å². The molecule has 0 fully saturated rings. The quantitative estimate of drug-likeness (QED) is 0.583. The largest absolute Gasteiger partial charge is 0.396 e. The molecule has 1 aromatic heterocycles. The Hall–Kier alpha value is -1.07. The molecular formula is C10H17ClN4O. The van der Waals surface area contributed by atoms with E-state index >= 15 is 0 Å². The number of nitrogens with zero attached hydrogens (tertiary/aromatic N) is 3. The van der Waals surface area contributed by atoms with Crippen LogP contribution in [0, 0.1) is 0 Å². The first-order chi connectivity index (χ1) is 7.66. The van der Waals surface area contributed by atoms with Crippen LogP contribution in [-0.4, -0.2) is 35.3 Å². The Bertz CT molecular complexity index is 335. The smallest absolute Gasteiger partial charge is 0.157 e. The molecule has 0 aromatic carbocycles. The summed E-state index contributed by atoms with van der Waals surface area (Å²) in [5, 5.41) is 8.94. The zero-order chi connectivity index (χ0) is 12.0. The van der Waals surface area contributed by atoms with Crippen molar-refractivity contribution in [3.05, 3.63) is 11.5 Å². The van der Waals surface area contributed by atoms with Crippen molar-refractivity contribution < 1.29 is 5.11 Å². The van der Waals surface area contributed by atoms with E-state index in [1.54, 1.807) is 0 Å². The van der Waals surface area contributed by atoms with Crippen LogP contribution in [0.5, 0.6) is 0 Å². The number of nitrogen functional groups attached to an aromatic ring is 1. The van der Waals surface area contributed by atoms with Crippen LogP contribution in [0.25, 0.3) is 0 Å². The van der Waals surface area contributed by atoms with Crippen molar-refractivity contribution in [2.24, 2.45) is 0 Å². The van der Waals surface area contributed by atoms with Crippen molar-refractivity contribution in [3.63, 3.8) is 0 Å². The molecule has 0 saturated heterocycles. The molecular weight excluding hydrogens is 228 g/mol. The van der Waals surface area contributed by atoms with Gasteiger partial charge in [0.1, 0.15) is 12.0 Å². The number of halogens is 1. The van der Waals surface area contributed by atoms with Crippen LogP contribution in [0.2, 0.25) is 5.15 Å². The summed E-state index contributed by atoms with van der Waals surface area (Å²) in [5.74, 6) is 0.656. The molecule has 5 nitrogen and oxygen atoms in total. The van der Waals surface area contributed by atoms with E-state index in [1.165, 1.54) is 6.33 Å². The molecule has 0 aliphatic heterocycles. The van der Waals surface area contributed by atoms with Gasteiger partial charge in [0.15, 0.2) is 11.0 Å². The van der Waals surface area contributed by atoms with E-state index in [-0.39, 0.29) is 11.8 Å². The normalized spacial score (nSPS) is 10.4. The maximum absolute atomic E-state index is 8.66. The monoisotopic (exact) mass is 244 g/mol. The average molecular weight is 245 g/mol. The van der Waals surface area contributed by atoms with Crippen LogP contribution < -0.4 is 10.6 Å². The predicted molar refractivity (Wildman–Crippen MR) is 65.7 cm³/mol. The van der Waals surface area contributed by atoms with Crippen molar-refractivity contribution in [2.45, 2.75) is 19.3 Å². The highest BCUT2D eigenvalue weighted by molar-refractivity contribution is 6.32. The van der Waals surface area contributed by atoms with Gasteiger partial charge in [0, 0.05) is 20.2 Å². The Morgan fingerprint density at radius 2 is 2.12 bits per heavy atom. The third-order valence-electron chi connectivity index (χ3n) is 2.33. The summed E-state index contributed by atoms with van der Waals surface area (Å²) in [7, 11) is 1.91. The van der Waals surface area contributed by atoms with Gasteiger partial charge in [-0.15, -0.1) is 0 Å². The Labute approximate surface area is 100 Å². The van der Waals surface area contributed by atoms with E-state index in [9.17, 15) is 0 Å². The second kappa shape index (κ2) is 6.50. The first kappa shape index (κ1) is 13.0. The minimum Gasteiger partial charge on any atom is -0.396 e. The third kappa shape index (κ3) is 3.50. The van der Waals surface area contributed by atoms with Crippen molar-refractivity contribution in [1.29, 1.82) is 0 Å².